The molecule has 0 atom stereocenters. The molecule has 3 rings (SSSR count). The summed E-state index contributed by atoms with van der Waals surface area (Å²) < 4.78 is 1.33. The zero-order valence-corrected chi connectivity index (χ0v) is 14.7. The van der Waals surface area contributed by atoms with E-state index in [2.05, 4.69) is 10.5 Å². The quantitative estimate of drug-likeness (QED) is 0.544. The van der Waals surface area contributed by atoms with Crippen molar-refractivity contribution >= 4 is 17.7 Å². The molecule has 0 aliphatic carbocycles. The number of hydrogen-bond acceptors (Lipinski definition) is 3. The molecule has 0 spiro atoms. The maximum absolute atomic E-state index is 12.2. The van der Waals surface area contributed by atoms with Crippen LogP contribution in [0.3, 0.4) is 0 Å². The Labute approximate surface area is 157 Å². The minimum absolute atomic E-state index is 0.0896. The Hall–Kier alpha value is -3.73. The van der Waals surface area contributed by atoms with Gasteiger partial charge in [0, 0.05) is 17.8 Å². The average Bonchev–Trinajstić information content (AvgIpc) is 2.71. The predicted octanol–water partition coefficient (Wildman–Crippen LogP) is 3.08. The summed E-state index contributed by atoms with van der Waals surface area (Å²) in [6.45, 7) is -0.0896. The van der Waals surface area contributed by atoms with Crippen molar-refractivity contribution in [3.05, 3.63) is 113 Å². The van der Waals surface area contributed by atoms with Crippen LogP contribution < -0.4 is 11.0 Å². The van der Waals surface area contributed by atoms with Crippen molar-refractivity contribution in [1.82, 2.24) is 9.99 Å². The second-order valence-electron chi connectivity index (χ2n) is 5.81. The van der Waals surface area contributed by atoms with Crippen LogP contribution in [0.2, 0.25) is 0 Å². The molecule has 134 valence electrons. The van der Waals surface area contributed by atoms with Gasteiger partial charge in [-0.1, -0.05) is 72.8 Å². The number of nitrogens with zero attached hydrogens (tertiary/aromatic N) is 2. The monoisotopic (exact) mass is 357 g/mol. The van der Waals surface area contributed by atoms with Gasteiger partial charge in [-0.2, -0.15) is 5.10 Å². The highest BCUT2D eigenvalue weighted by Crippen LogP contribution is 2.06. The minimum atomic E-state index is -0.371. The van der Waals surface area contributed by atoms with Gasteiger partial charge in [0.05, 0.1) is 5.71 Å². The zero-order chi connectivity index (χ0) is 18.9. The highest BCUT2D eigenvalue weighted by molar-refractivity contribution is 6.11. The van der Waals surface area contributed by atoms with Crippen molar-refractivity contribution in [1.29, 1.82) is 0 Å². The van der Waals surface area contributed by atoms with Crippen molar-refractivity contribution in [3.63, 3.8) is 0 Å². The first-order valence-electron chi connectivity index (χ1n) is 8.53. The van der Waals surface area contributed by atoms with Crippen LogP contribution in [-0.4, -0.2) is 16.2 Å². The van der Waals surface area contributed by atoms with Gasteiger partial charge in [-0.25, -0.2) is 5.43 Å². The lowest BCUT2D eigenvalue weighted by Crippen LogP contribution is -2.29. The van der Waals surface area contributed by atoms with Crippen molar-refractivity contribution in [3.8, 4) is 0 Å². The molecule has 1 aromatic heterocycles. The van der Waals surface area contributed by atoms with Crippen molar-refractivity contribution in [2.75, 3.05) is 0 Å². The van der Waals surface area contributed by atoms with E-state index in [1.807, 2.05) is 72.8 Å². The summed E-state index contributed by atoms with van der Waals surface area (Å²) in [7, 11) is 0. The Bertz CT molecular complexity index is 1010. The number of amides is 1. The SMILES string of the molecule is O=C(Cn1ccccc1=O)N/N=C(\C=C\c1ccccc1)c1ccccc1. The van der Waals surface area contributed by atoms with E-state index in [1.54, 1.807) is 18.3 Å². The molecule has 0 saturated heterocycles. The molecule has 0 aliphatic rings. The van der Waals surface area contributed by atoms with Crippen LogP contribution >= 0.6 is 0 Å². The number of aromatic nitrogens is 1. The van der Waals surface area contributed by atoms with E-state index >= 15 is 0 Å². The van der Waals surface area contributed by atoms with Crippen molar-refractivity contribution in [2.24, 2.45) is 5.10 Å². The molecule has 0 unspecified atom stereocenters. The van der Waals surface area contributed by atoms with E-state index < -0.39 is 0 Å². The molecule has 1 amide bonds. The summed E-state index contributed by atoms with van der Waals surface area (Å²) in [5.41, 5.74) is 4.83. The third kappa shape index (κ3) is 5.37. The summed E-state index contributed by atoms with van der Waals surface area (Å²) in [6.07, 6.45) is 5.35. The number of hydrazone groups is 1. The van der Waals surface area contributed by atoms with Gasteiger partial charge in [0.15, 0.2) is 0 Å². The number of carbonyl (C=O) groups excluding carboxylic acids is 1. The maximum Gasteiger partial charge on any atom is 0.260 e. The predicted molar refractivity (Wildman–Crippen MR) is 107 cm³/mol. The Balaban J connectivity index is 1.78. The van der Waals surface area contributed by atoms with Crippen LogP contribution in [-0.2, 0) is 11.3 Å². The molecule has 1 N–H and O–H groups in total. The van der Waals surface area contributed by atoms with Gasteiger partial charge in [0.1, 0.15) is 6.54 Å². The lowest BCUT2D eigenvalue weighted by atomic mass is 10.1. The topological polar surface area (TPSA) is 63.5 Å². The van der Waals surface area contributed by atoms with E-state index in [1.165, 1.54) is 10.6 Å². The first-order chi connectivity index (χ1) is 13.2. The van der Waals surface area contributed by atoms with Gasteiger partial charge in [-0.05, 0) is 17.7 Å². The third-order valence-corrected chi connectivity index (χ3v) is 3.82. The number of hydrogen-bond donors (Lipinski definition) is 1. The summed E-state index contributed by atoms with van der Waals surface area (Å²) >= 11 is 0. The van der Waals surface area contributed by atoms with Gasteiger partial charge in [-0.3, -0.25) is 9.59 Å². The van der Waals surface area contributed by atoms with Gasteiger partial charge in [0.25, 0.3) is 11.5 Å². The molecule has 3 aromatic rings. The molecule has 0 radical (unpaired) electrons. The number of allylic oxidation sites excluding steroid dienone is 1. The Morgan fingerprint density at radius 3 is 2.30 bits per heavy atom. The molecule has 0 fully saturated rings. The molecular weight excluding hydrogens is 338 g/mol. The van der Waals surface area contributed by atoms with Gasteiger partial charge in [0.2, 0.25) is 0 Å². The average molecular weight is 357 g/mol. The fourth-order valence-electron chi connectivity index (χ4n) is 2.45. The van der Waals surface area contributed by atoms with Crippen LogP contribution in [0.5, 0.6) is 0 Å². The van der Waals surface area contributed by atoms with Crippen LogP contribution in [0, 0.1) is 0 Å². The number of pyridine rings is 1. The lowest BCUT2D eigenvalue weighted by Gasteiger charge is -2.06. The summed E-state index contributed by atoms with van der Waals surface area (Å²) in [4.78, 5) is 23.9. The van der Waals surface area contributed by atoms with E-state index in [0.717, 1.165) is 11.1 Å². The van der Waals surface area contributed by atoms with Gasteiger partial charge < -0.3 is 4.57 Å². The largest absolute Gasteiger partial charge is 0.306 e. The summed E-state index contributed by atoms with van der Waals surface area (Å²) in [5.74, 6) is -0.371. The zero-order valence-electron chi connectivity index (χ0n) is 14.7. The molecule has 5 heteroatoms. The molecule has 2 aromatic carbocycles. The van der Waals surface area contributed by atoms with E-state index in [9.17, 15) is 9.59 Å². The second-order valence-corrected chi connectivity index (χ2v) is 5.81. The molecule has 0 saturated carbocycles. The van der Waals surface area contributed by atoms with E-state index in [0.29, 0.717) is 5.71 Å². The van der Waals surface area contributed by atoms with Gasteiger partial charge >= 0.3 is 0 Å². The van der Waals surface area contributed by atoms with Crippen LogP contribution in [0.25, 0.3) is 6.08 Å². The number of nitrogens with one attached hydrogen (secondary N) is 1. The highest BCUT2D eigenvalue weighted by atomic mass is 16.2. The van der Waals surface area contributed by atoms with Crippen LogP contribution in [0.1, 0.15) is 11.1 Å². The first-order valence-corrected chi connectivity index (χ1v) is 8.53. The highest BCUT2D eigenvalue weighted by Gasteiger charge is 2.04. The fourth-order valence-corrected chi connectivity index (χ4v) is 2.45. The van der Waals surface area contributed by atoms with Crippen molar-refractivity contribution < 1.29 is 4.79 Å². The number of carbonyl (C=O) groups is 1. The smallest absolute Gasteiger partial charge is 0.260 e. The number of benzene rings is 2. The molecular formula is C22H19N3O2. The maximum atomic E-state index is 12.2. The van der Waals surface area contributed by atoms with Crippen LogP contribution in [0.15, 0.2) is 101 Å². The van der Waals surface area contributed by atoms with Gasteiger partial charge in [-0.15, -0.1) is 0 Å². The summed E-state index contributed by atoms with van der Waals surface area (Å²) in [5, 5.41) is 4.25. The van der Waals surface area contributed by atoms with Crippen molar-refractivity contribution in [2.45, 2.75) is 6.54 Å². The number of rotatable bonds is 6. The Morgan fingerprint density at radius 2 is 1.59 bits per heavy atom. The summed E-state index contributed by atoms with van der Waals surface area (Å²) in [6, 6.07) is 24.2. The standard InChI is InChI=1S/C22H19N3O2/c26-21(17-25-16-8-7-13-22(25)27)24-23-20(19-11-5-2-6-12-19)15-14-18-9-3-1-4-10-18/h1-16H,17H2,(H,24,26)/b15-14+,23-20+. The Kier molecular flexibility index (Phi) is 6.09. The molecule has 27 heavy (non-hydrogen) atoms. The normalized spacial score (nSPS) is 11.5. The molecule has 0 aliphatic heterocycles. The van der Waals surface area contributed by atoms with Crippen LogP contribution in [0.4, 0.5) is 0 Å². The second kappa shape index (κ2) is 9.10. The van der Waals surface area contributed by atoms with E-state index in [4.69, 9.17) is 0 Å². The fraction of sp³-hybridized carbons (Fsp3) is 0.0455. The van der Waals surface area contributed by atoms with E-state index in [-0.39, 0.29) is 18.0 Å². The minimum Gasteiger partial charge on any atom is -0.306 e. The first kappa shape index (κ1) is 18.1. The molecule has 5 nitrogen and oxygen atoms in total. The third-order valence-electron chi connectivity index (χ3n) is 3.82. The lowest BCUT2D eigenvalue weighted by molar-refractivity contribution is -0.121. The Morgan fingerprint density at radius 1 is 0.926 bits per heavy atom. The molecule has 1 heterocycles. The molecule has 0 bridgehead atoms.